The molecule has 0 aliphatic heterocycles. The highest BCUT2D eigenvalue weighted by atomic mass is 19.1. The first-order valence-electron chi connectivity index (χ1n) is 10.9. The number of phenols is 1. The van der Waals surface area contributed by atoms with Crippen molar-refractivity contribution in [3.8, 4) is 28.1 Å². The number of rotatable bonds is 6. The van der Waals surface area contributed by atoms with E-state index in [1.807, 2.05) is 61.5 Å². The lowest BCUT2D eigenvalue weighted by molar-refractivity contribution is 0.276. The molecule has 2 aromatic heterocycles. The summed E-state index contributed by atoms with van der Waals surface area (Å²) in [4.78, 5) is 4.60. The maximum Gasteiger partial charge on any atom is 0.165 e. The zero-order valence-corrected chi connectivity index (χ0v) is 18.5. The van der Waals surface area contributed by atoms with Crippen LogP contribution in [0.25, 0.3) is 33.3 Å². The van der Waals surface area contributed by atoms with Crippen molar-refractivity contribution >= 4 is 16.6 Å². The van der Waals surface area contributed by atoms with E-state index in [-0.39, 0.29) is 12.6 Å². The molecule has 34 heavy (non-hydrogen) atoms. The summed E-state index contributed by atoms with van der Waals surface area (Å²) in [6.45, 7) is 1.82. The second-order valence-electron chi connectivity index (χ2n) is 8.12. The van der Waals surface area contributed by atoms with Crippen LogP contribution >= 0.6 is 0 Å². The molecule has 0 radical (unpaired) electrons. The van der Waals surface area contributed by atoms with Gasteiger partial charge in [0.1, 0.15) is 0 Å². The minimum atomic E-state index is -0.710. The van der Waals surface area contributed by atoms with E-state index in [4.69, 9.17) is 0 Å². The van der Waals surface area contributed by atoms with Crippen molar-refractivity contribution in [1.29, 1.82) is 0 Å². The normalized spacial score (nSPS) is 12.1. The van der Waals surface area contributed by atoms with Crippen LogP contribution in [0.5, 0.6) is 5.75 Å². The maximum atomic E-state index is 14.2. The average Bonchev–Trinajstić information content (AvgIpc) is 3.25. The third-order valence-electron chi connectivity index (χ3n) is 5.92. The van der Waals surface area contributed by atoms with Crippen LogP contribution in [-0.4, -0.2) is 32.0 Å². The van der Waals surface area contributed by atoms with Crippen LogP contribution in [-0.2, 0) is 0 Å². The summed E-state index contributed by atoms with van der Waals surface area (Å²) in [7, 11) is 0. The third-order valence-corrected chi connectivity index (χ3v) is 5.92. The fourth-order valence-corrected chi connectivity index (χ4v) is 4.12. The number of aromatic amines is 1. The predicted molar refractivity (Wildman–Crippen MR) is 131 cm³/mol. The number of aryl methyl sites for hydroxylation is 1. The highest BCUT2D eigenvalue weighted by Crippen LogP contribution is 2.39. The summed E-state index contributed by atoms with van der Waals surface area (Å²) in [5.74, 6) is -1.16. The standard InChI is InChI=1S/C27H23FN4O2/c1-16-21-12-18(10-11-24(21)32-31-16)22-13-19(30-25(15-33)17-6-3-2-4-7-17)14-29-26(22)20-8-5-9-23(28)27(20)34/h2-14,25,30,33-34H,15H2,1H3,(H,31,32). The summed E-state index contributed by atoms with van der Waals surface area (Å²) in [5.41, 5.74) is 5.68. The molecule has 7 heteroatoms. The number of hydrogen-bond acceptors (Lipinski definition) is 5. The Morgan fingerprint density at radius 1 is 1.00 bits per heavy atom. The summed E-state index contributed by atoms with van der Waals surface area (Å²) in [6.07, 6.45) is 1.62. The number of nitrogens with zero attached hydrogens (tertiary/aromatic N) is 2. The fraction of sp³-hybridized carbons (Fsp3) is 0.111. The van der Waals surface area contributed by atoms with E-state index in [2.05, 4.69) is 20.5 Å². The number of aromatic nitrogens is 3. The Labute approximate surface area is 195 Å². The Hall–Kier alpha value is -4.23. The van der Waals surface area contributed by atoms with Crippen molar-refractivity contribution in [3.63, 3.8) is 0 Å². The van der Waals surface area contributed by atoms with E-state index in [0.717, 1.165) is 27.7 Å². The number of pyridine rings is 1. The lowest BCUT2D eigenvalue weighted by Gasteiger charge is -2.20. The molecule has 0 saturated heterocycles. The summed E-state index contributed by atoms with van der Waals surface area (Å²) >= 11 is 0. The minimum Gasteiger partial charge on any atom is -0.504 e. The number of halogens is 1. The van der Waals surface area contributed by atoms with Crippen LogP contribution < -0.4 is 5.32 Å². The highest BCUT2D eigenvalue weighted by molar-refractivity contribution is 5.91. The molecule has 5 aromatic rings. The number of phenolic OH excluding ortho intramolecular Hbond substituents is 1. The van der Waals surface area contributed by atoms with Gasteiger partial charge in [-0.15, -0.1) is 0 Å². The maximum absolute atomic E-state index is 14.2. The van der Waals surface area contributed by atoms with Crippen molar-refractivity contribution in [2.24, 2.45) is 0 Å². The lowest BCUT2D eigenvalue weighted by atomic mass is 9.96. The molecule has 3 aromatic carbocycles. The number of fused-ring (bicyclic) bond motifs is 1. The van der Waals surface area contributed by atoms with Gasteiger partial charge in [0, 0.05) is 16.5 Å². The van der Waals surface area contributed by atoms with E-state index in [9.17, 15) is 14.6 Å². The number of benzene rings is 3. The molecule has 0 aliphatic rings. The minimum absolute atomic E-state index is 0.105. The molecule has 0 amide bonds. The van der Waals surface area contributed by atoms with E-state index in [0.29, 0.717) is 22.5 Å². The van der Waals surface area contributed by atoms with Crippen LogP contribution in [0.4, 0.5) is 10.1 Å². The molecule has 170 valence electrons. The number of aromatic hydroxyl groups is 1. The third kappa shape index (κ3) is 3.97. The number of aliphatic hydroxyl groups excluding tert-OH is 1. The van der Waals surface area contributed by atoms with Crippen molar-refractivity contribution in [3.05, 3.63) is 96.1 Å². The highest BCUT2D eigenvalue weighted by Gasteiger charge is 2.18. The van der Waals surface area contributed by atoms with Crippen LogP contribution in [0.2, 0.25) is 0 Å². The van der Waals surface area contributed by atoms with Gasteiger partial charge in [0.25, 0.3) is 0 Å². The molecule has 6 nitrogen and oxygen atoms in total. The van der Waals surface area contributed by atoms with Gasteiger partial charge in [-0.2, -0.15) is 5.10 Å². The SMILES string of the molecule is Cc1n[nH]c2ccc(-c3cc(NC(CO)c4ccccc4)cnc3-c3cccc(F)c3O)cc12. The molecule has 0 saturated carbocycles. The molecular weight excluding hydrogens is 431 g/mol. The molecule has 2 heterocycles. The molecule has 0 spiro atoms. The van der Waals surface area contributed by atoms with Gasteiger partial charge in [0.15, 0.2) is 11.6 Å². The second kappa shape index (κ2) is 8.96. The number of hydrogen-bond donors (Lipinski definition) is 4. The smallest absolute Gasteiger partial charge is 0.165 e. The molecule has 0 bridgehead atoms. The van der Waals surface area contributed by atoms with Crippen molar-refractivity contribution < 1.29 is 14.6 Å². The summed E-state index contributed by atoms with van der Waals surface area (Å²) in [5, 5.41) is 32.0. The van der Waals surface area contributed by atoms with Gasteiger partial charge in [-0.1, -0.05) is 42.5 Å². The van der Waals surface area contributed by atoms with Crippen LogP contribution in [0, 0.1) is 12.7 Å². The zero-order chi connectivity index (χ0) is 23.7. The Kier molecular flexibility index (Phi) is 5.69. The number of para-hydroxylation sites is 1. The first kappa shape index (κ1) is 21.6. The Morgan fingerprint density at radius 2 is 1.82 bits per heavy atom. The van der Waals surface area contributed by atoms with Gasteiger partial charge in [-0.05, 0) is 48.4 Å². The first-order chi connectivity index (χ1) is 16.5. The second-order valence-corrected chi connectivity index (χ2v) is 8.12. The number of aliphatic hydroxyl groups is 1. The molecular formula is C27H23FN4O2. The van der Waals surface area contributed by atoms with Crippen molar-refractivity contribution in [2.75, 3.05) is 11.9 Å². The Bertz CT molecular complexity index is 1470. The van der Waals surface area contributed by atoms with Gasteiger partial charge in [-0.3, -0.25) is 10.1 Å². The number of nitrogens with one attached hydrogen (secondary N) is 2. The van der Waals surface area contributed by atoms with E-state index in [1.165, 1.54) is 6.07 Å². The van der Waals surface area contributed by atoms with Crippen molar-refractivity contribution in [2.45, 2.75) is 13.0 Å². The first-order valence-corrected chi connectivity index (χ1v) is 10.9. The van der Waals surface area contributed by atoms with Crippen LogP contribution in [0.3, 0.4) is 0 Å². The molecule has 1 atom stereocenters. The monoisotopic (exact) mass is 454 g/mol. The summed E-state index contributed by atoms with van der Waals surface area (Å²) in [6, 6.07) is 21.5. The van der Waals surface area contributed by atoms with Crippen LogP contribution in [0.1, 0.15) is 17.3 Å². The van der Waals surface area contributed by atoms with E-state index >= 15 is 0 Å². The van der Waals surface area contributed by atoms with E-state index < -0.39 is 11.6 Å². The van der Waals surface area contributed by atoms with Crippen LogP contribution in [0.15, 0.2) is 79.0 Å². The fourth-order valence-electron chi connectivity index (χ4n) is 4.12. The van der Waals surface area contributed by atoms with Gasteiger partial charge in [0.05, 0.1) is 41.4 Å². The van der Waals surface area contributed by atoms with Crippen molar-refractivity contribution in [1.82, 2.24) is 15.2 Å². The quantitative estimate of drug-likeness (QED) is 0.268. The predicted octanol–water partition coefficient (Wildman–Crippen LogP) is 5.59. The Balaban J connectivity index is 1.65. The van der Waals surface area contributed by atoms with Gasteiger partial charge in [0.2, 0.25) is 0 Å². The summed E-state index contributed by atoms with van der Waals surface area (Å²) < 4.78 is 14.2. The topological polar surface area (TPSA) is 94.1 Å². The van der Waals surface area contributed by atoms with Gasteiger partial charge in [-0.25, -0.2) is 4.39 Å². The largest absolute Gasteiger partial charge is 0.504 e. The zero-order valence-electron chi connectivity index (χ0n) is 18.5. The number of H-pyrrole nitrogens is 1. The lowest BCUT2D eigenvalue weighted by Crippen LogP contribution is -2.15. The number of anilines is 1. The molecule has 4 N–H and O–H groups in total. The molecule has 0 fully saturated rings. The molecule has 5 rings (SSSR count). The van der Waals surface area contributed by atoms with E-state index in [1.54, 1.807) is 18.3 Å². The van der Waals surface area contributed by atoms with Gasteiger partial charge >= 0.3 is 0 Å². The molecule has 0 aliphatic carbocycles. The Morgan fingerprint density at radius 3 is 2.62 bits per heavy atom. The average molecular weight is 455 g/mol. The molecule has 1 unspecified atom stereocenters. The van der Waals surface area contributed by atoms with Gasteiger partial charge < -0.3 is 15.5 Å².